The van der Waals surface area contributed by atoms with Crippen LogP contribution in [0.3, 0.4) is 0 Å². The fraction of sp³-hybridized carbons (Fsp3) is 0.250. The maximum absolute atomic E-state index is 13.8. The lowest BCUT2D eigenvalue weighted by Gasteiger charge is -2.19. The Bertz CT molecular complexity index is 2730. The van der Waals surface area contributed by atoms with Crippen LogP contribution in [0, 0.1) is 0 Å². The summed E-state index contributed by atoms with van der Waals surface area (Å²) in [5, 5.41) is 27.3. The summed E-state index contributed by atoms with van der Waals surface area (Å²) in [5.74, 6) is -3.35. The highest BCUT2D eigenvalue weighted by Crippen LogP contribution is 2.39. The molecule has 4 amide bonds. The highest BCUT2D eigenvalue weighted by atomic mass is 35.5. The van der Waals surface area contributed by atoms with Crippen LogP contribution < -0.4 is 30.7 Å². The molecule has 0 fully saturated rings. The molecule has 4 N–H and O–H groups in total. The summed E-state index contributed by atoms with van der Waals surface area (Å²) in [6.45, 7) is 5.83. The number of hydrogen-bond donors (Lipinski definition) is 4. The first-order valence-electron chi connectivity index (χ1n) is 21.0. The normalized spacial score (nSPS) is 12.0. The van der Waals surface area contributed by atoms with Crippen molar-refractivity contribution in [1.82, 2.24) is 0 Å². The third-order valence-corrected chi connectivity index (χ3v) is 10.7. The van der Waals surface area contributed by atoms with Gasteiger partial charge in [-0.25, -0.2) is 0 Å². The SMILES string of the molecule is CCOc1cc(NC(=O)C(N=Nc2cc(C(=O)Nc3ccccc3CCCl)ccc2Cl)C(C)=O)cc(OCC)c1NC(=O)C(N=Nc1cc(C(=O)Nc2ccccc2CCCl)ccc1Cl)C(C)=O. The number of ether oxygens (including phenoxy) is 2. The van der Waals surface area contributed by atoms with Crippen molar-refractivity contribution < 1.29 is 38.2 Å². The number of para-hydroxylation sites is 2. The Morgan fingerprint density at radius 3 is 1.37 bits per heavy atom. The van der Waals surface area contributed by atoms with Crippen LogP contribution in [0.15, 0.2) is 118 Å². The quantitative estimate of drug-likeness (QED) is 0.0296. The van der Waals surface area contributed by atoms with E-state index in [-0.39, 0.29) is 68.6 Å². The lowest BCUT2D eigenvalue weighted by molar-refractivity contribution is -0.127. The van der Waals surface area contributed by atoms with Gasteiger partial charge in [-0.1, -0.05) is 59.6 Å². The Labute approximate surface area is 412 Å². The second-order valence-electron chi connectivity index (χ2n) is 14.6. The Morgan fingerprint density at radius 1 is 0.559 bits per heavy atom. The maximum Gasteiger partial charge on any atom is 0.259 e. The van der Waals surface area contributed by atoms with Crippen LogP contribution in [-0.4, -0.2) is 72.3 Å². The highest BCUT2D eigenvalue weighted by molar-refractivity contribution is 6.33. The topological polar surface area (TPSA) is 218 Å². The van der Waals surface area contributed by atoms with Gasteiger partial charge < -0.3 is 30.7 Å². The number of nitrogens with zero attached hydrogens (tertiary/aromatic N) is 4. The van der Waals surface area contributed by atoms with E-state index in [0.29, 0.717) is 36.0 Å². The third-order valence-electron chi connectivity index (χ3n) is 9.69. The van der Waals surface area contributed by atoms with Crippen LogP contribution >= 0.6 is 46.4 Å². The van der Waals surface area contributed by atoms with Gasteiger partial charge in [0, 0.05) is 52.1 Å². The van der Waals surface area contributed by atoms with Gasteiger partial charge in [0.2, 0.25) is 12.1 Å². The van der Waals surface area contributed by atoms with Gasteiger partial charge in [-0.15, -0.1) is 23.2 Å². The number of anilines is 4. The first-order valence-corrected chi connectivity index (χ1v) is 22.9. The standard InChI is InChI=1S/C48H46Cl4N8O8/c1-5-67-40-25-33(53-47(65)42(27(3)61)59-57-38-23-31(15-17-34(38)51)45(63)54-36-13-9-7-11-29(36)19-21-49)26-41(68-6-2)44(40)56-48(66)43(28(4)62)60-58-39-24-32(16-18-35(39)52)46(64)55-37-14-10-8-12-30(37)20-22-50/h7-18,23-26,42-43H,5-6,19-22H2,1-4H3,(H,53,65)(H,54,63)(H,55,64)(H,56,66). The molecule has 0 saturated carbocycles. The number of halogens is 4. The molecule has 0 aromatic heterocycles. The summed E-state index contributed by atoms with van der Waals surface area (Å²) in [6, 6.07) is 22.4. The number of nitrogens with one attached hydrogen (secondary N) is 4. The van der Waals surface area contributed by atoms with Gasteiger partial charge >= 0.3 is 0 Å². The molecule has 20 heteroatoms. The van der Waals surface area contributed by atoms with Gasteiger partial charge in [-0.05, 0) is 100 Å². The molecule has 68 heavy (non-hydrogen) atoms. The molecule has 0 heterocycles. The molecule has 2 atom stereocenters. The zero-order chi connectivity index (χ0) is 49.3. The van der Waals surface area contributed by atoms with E-state index in [1.54, 1.807) is 38.1 Å². The summed E-state index contributed by atoms with van der Waals surface area (Å²) in [5.41, 5.74) is 3.32. The predicted molar refractivity (Wildman–Crippen MR) is 265 cm³/mol. The Kier molecular flexibility index (Phi) is 19.5. The Balaban J connectivity index is 1.35. The van der Waals surface area contributed by atoms with E-state index in [9.17, 15) is 28.8 Å². The molecule has 5 aromatic carbocycles. The van der Waals surface area contributed by atoms with E-state index in [1.165, 1.54) is 48.5 Å². The minimum Gasteiger partial charge on any atom is -0.491 e. The van der Waals surface area contributed by atoms with Crippen LogP contribution in [0.1, 0.15) is 59.5 Å². The van der Waals surface area contributed by atoms with Crippen molar-refractivity contribution >= 4 is 116 Å². The number of amides is 4. The Hall–Kier alpha value is -6.72. The molecular weight excluding hydrogens is 958 g/mol. The van der Waals surface area contributed by atoms with Crippen LogP contribution in [0.5, 0.6) is 11.5 Å². The minimum atomic E-state index is -1.70. The number of ketones is 2. The monoisotopic (exact) mass is 1000 g/mol. The Morgan fingerprint density at radius 2 is 0.971 bits per heavy atom. The number of benzene rings is 5. The molecule has 0 saturated heterocycles. The van der Waals surface area contributed by atoms with E-state index in [0.717, 1.165) is 25.0 Å². The molecule has 16 nitrogen and oxygen atoms in total. The largest absolute Gasteiger partial charge is 0.491 e. The molecule has 5 aromatic rings. The number of Topliss-reactive ketones (excluding diaryl/α,β-unsaturated/α-hetero) is 2. The van der Waals surface area contributed by atoms with Gasteiger partial charge in [0.05, 0.1) is 23.3 Å². The lowest BCUT2D eigenvalue weighted by atomic mass is 10.1. The molecule has 0 radical (unpaired) electrons. The fourth-order valence-corrected chi connectivity index (χ4v) is 7.09. The molecule has 0 spiro atoms. The maximum atomic E-state index is 13.8. The summed E-state index contributed by atoms with van der Waals surface area (Å²) in [4.78, 5) is 79.5. The number of carbonyl (C=O) groups excluding carboxylic acids is 6. The molecule has 0 bridgehead atoms. The van der Waals surface area contributed by atoms with Gasteiger partial charge in [-0.2, -0.15) is 20.5 Å². The van der Waals surface area contributed by atoms with Crippen LogP contribution in [-0.2, 0) is 32.0 Å². The number of aryl methyl sites for hydroxylation is 2. The number of carbonyl (C=O) groups is 6. The molecule has 2 unspecified atom stereocenters. The smallest absolute Gasteiger partial charge is 0.259 e. The second-order valence-corrected chi connectivity index (χ2v) is 16.2. The minimum absolute atomic E-state index is 0.00630. The van der Waals surface area contributed by atoms with E-state index in [2.05, 4.69) is 41.7 Å². The van der Waals surface area contributed by atoms with E-state index in [4.69, 9.17) is 55.9 Å². The first-order chi connectivity index (χ1) is 32.7. The average Bonchev–Trinajstić information content (AvgIpc) is 3.30. The summed E-state index contributed by atoms with van der Waals surface area (Å²) in [6.07, 6.45) is 1.07. The van der Waals surface area contributed by atoms with Gasteiger partial charge in [0.25, 0.3) is 23.6 Å². The second kappa shape index (κ2) is 25.4. The molecular formula is C48H46Cl4N8O8. The number of azo groups is 2. The summed E-state index contributed by atoms with van der Waals surface area (Å²) in [7, 11) is 0. The molecule has 354 valence electrons. The molecule has 0 aliphatic carbocycles. The first kappa shape index (κ1) is 52.3. The van der Waals surface area contributed by atoms with Crippen molar-refractivity contribution in [2.45, 2.75) is 52.6 Å². The molecule has 0 aliphatic heterocycles. The zero-order valence-corrected chi connectivity index (χ0v) is 40.2. The van der Waals surface area contributed by atoms with E-state index in [1.807, 2.05) is 24.3 Å². The van der Waals surface area contributed by atoms with Crippen LogP contribution in [0.4, 0.5) is 34.1 Å². The van der Waals surface area contributed by atoms with Gasteiger partial charge in [0.1, 0.15) is 28.6 Å². The molecule has 5 rings (SSSR count). The van der Waals surface area contributed by atoms with Crippen molar-refractivity contribution in [2.75, 3.05) is 46.2 Å². The van der Waals surface area contributed by atoms with Crippen LogP contribution in [0.2, 0.25) is 10.0 Å². The van der Waals surface area contributed by atoms with Crippen molar-refractivity contribution in [1.29, 1.82) is 0 Å². The van der Waals surface area contributed by atoms with Gasteiger partial charge in [-0.3, -0.25) is 28.8 Å². The number of alkyl halides is 2. The fourth-order valence-electron chi connectivity index (χ4n) is 6.38. The van der Waals surface area contributed by atoms with Crippen molar-refractivity contribution in [3.8, 4) is 11.5 Å². The number of rotatable bonds is 22. The van der Waals surface area contributed by atoms with Crippen molar-refractivity contribution in [3.63, 3.8) is 0 Å². The zero-order valence-electron chi connectivity index (χ0n) is 37.2. The van der Waals surface area contributed by atoms with Crippen molar-refractivity contribution in [3.05, 3.63) is 129 Å². The number of hydrogen-bond acceptors (Lipinski definition) is 12. The summed E-state index contributed by atoms with van der Waals surface area (Å²) >= 11 is 24.7. The average molecular weight is 1000 g/mol. The predicted octanol–water partition coefficient (Wildman–Crippen LogP) is 11.2. The van der Waals surface area contributed by atoms with Gasteiger partial charge in [0.15, 0.2) is 11.6 Å². The highest BCUT2D eigenvalue weighted by Gasteiger charge is 2.28. The summed E-state index contributed by atoms with van der Waals surface area (Å²) < 4.78 is 11.7. The van der Waals surface area contributed by atoms with E-state index >= 15 is 0 Å². The lowest BCUT2D eigenvalue weighted by Crippen LogP contribution is -2.32. The van der Waals surface area contributed by atoms with Crippen LogP contribution in [0.25, 0.3) is 0 Å². The van der Waals surface area contributed by atoms with E-state index < -0.39 is 47.3 Å². The molecule has 0 aliphatic rings. The third kappa shape index (κ3) is 14.2. The van der Waals surface area contributed by atoms with Crippen molar-refractivity contribution in [2.24, 2.45) is 20.5 Å².